The molecule has 0 aliphatic carbocycles. The molecule has 0 spiro atoms. The predicted octanol–water partition coefficient (Wildman–Crippen LogP) is 4.27. The van der Waals surface area contributed by atoms with E-state index in [1.807, 2.05) is 11.0 Å². The Balaban J connectivity index is 1.62. The van der Waals surface area contributed by atoms with Crippen molar-refractivity contribution in [1.29, 1.82) is 0 Å². The number of carbonyl (C=O) groups excluding carboxylic acids is 3. The third-order valence-electron chi connectivity index (χ3n) is 7.01. The Kier molecular flexibility index (Phi) is 9.84. The summed E-state index contributed by atoms with van der Waals surface area (Å²) >= 11 is 6.26. The van der Waals surface area contributed by atoms with Gasteiger partial charge in [0.15, 0.2) is 0 Å². The van der Waals surface area contributed by atoms with Gasteiger partial charge in [0.2, 0.25) is 0 Å². The van der Waals surface area contributed by atoms with E-state index in [4.69, 9.17) is 21.1 Å². The van der Waals surface area contributed by atoms with Crippen LogP contribution in [0, 0.1) is 0 Å². The highest BCUT2D eigenvalue weighted by Gasteiger charge is 2.38. The molecule has 1 fully saturated rings. The molecule has 0 saturated carbocycles. The van der Waals surface area contributed by atoms with Crippen molar-refractivity contribution in [1.82, 2.24) is 20.0 Å². The molecule has 1 saturated heterocycles. The minimum absolute atomic E-state index is 0.0396. The van der Waals surface area contributed by atoms with Crippen LogP contribution in [0.3, 0.4) is 0 Å². The fourth-order valence-corrected chi connectivity index (χ4v) is 5.24. The summed E-state index contributed by atoms with van der Waals surface area (Å²) in [5.41, 5.74) is 2.21. The predicted molar refractivity (Wildman–Crippen MR) is 153 cm³/mol. The first kappa shape index (κ1) is 29.2. The third kappa shape index (κ3) is 6.66. The number of amides is 3. The number of esters is 1. The monoisotopic (exact) mass is 566 g/mol. The summed E-state index contributed by atoms with van der Waals surface area (Å²) in [6.45, 7) is 8.69. The van der Waals surface area contributed by atoms with Gasteiger partial charge in [-0.2, -0.15) is 0 Å². The maximum Gasteiger partial charge on any atom is 0.338 e. The molecule has 2 aromatic carbocycles. The molecule has 212 valence electrons. The van der Waals surface area contributed by atoms with Gasteiger partial charge in [-0.05, 0) is 55.3 Å². The van der Waals surface area contributed by atoms with E-state index in [9.17, 15) is 14.4 Å². The van der Waals surface area contributed by atoms with Crippen molar-refractivity contribution in [3.8, 4) is 5.75 Å². The molecule has 10 heteroatoms. The molecule has 0 radical (unpaired) electrons. The summed E-state index contributed by atoms with van der Waals surface area (Å²) in [6.07, 6.45) is 2.37. The van der Waals surface area contributed by atoms with E-state index >= 15 is 0 Å². The van der Waals surface area contributed by atoms with Gasteiger partial charge in [-0.1, -0.05) is 29.8 Å². The van der Waals surface area contributed by atoms with E-state index in [0.29, 0.717) is 65.9 Å². The van der Waals surface area contributed by atoms with Gasteiger partial charge in [-0.15, -0.1) is 6.58 Å². The number of nitrogens with zero attached hydrogens (tertiary/aromatic N) is 3. The lowest BCUT2D eigenvalue weighted by atomic mass is 9.94. The zero-order valence-corrected chi connectivity index (χ0v) is 23.7. The summed E-state index contributed by atoms with van der Waals surface area (Å²) in [5.74, 6) is 0.158. The first-order valence-corrected chi connectivity index (χ1v) is 13.7. The van der Waals surface area contributed by atoms with E-state index in [-0.39, 0.29) is 25.1 Å². The van der Waals surface area contributed by atoms with Crippen LogP contribution in [-0.2, 0) is 9.53 Å². The second-order valence-corrected chi connectivity index (χ2v) is 10.0. The van der Waals surface area contributed by atoms with Crippen LogP contribution in [-0.4, -0.2) is 85.6 Å². The van der Waals surface area contributed by atoms with Gasteiger partial charge in [0.05, 0.1) is 25.3 Å². The van der Waals surface area contributed by atoms with E-state index in [0.717, 1.165) is 6.42 Å². The highest BCUT2D eigenvalue weighted by molar-refractivity contribution is 6.30. The topological polar surface area (TPSA) is 91.4 Å². The van der Waals surface area contributed by atoms with Gasteiger partial charge in [0.25, 0.3) is 5.91 Å². The van der Waals surface area contributed by atoms with Crippen LogP contribution >= 0.6 is 11.6 Å². The molecule has 1 N–H and O–H groups in total. The fraction of sp³-hybridized carbons (Fsp3) is 0.367. The van der Waals surface area contributed by atoms with Gasteiger partial charge in [0, 0.05) is 55.6 Å². The Morgan fingerprint density at radius 1 is 1.12 bits per heavy atom. The SMILES string of the molecule is C=CCN1C(=O)NC(c2cccc(Cl)c2)C(C(=O)OCC)=C1CN1CCCN(C(=O)c2ccc(OC)cc2)CC1. The van der Waals surface area contributed by atoms with E-state index in [2.05, 4.69) is 16.8 Å². The van der Waals surface area contributed by atoms with Crippen LogP contribution in [0.15, 0.2) is 72.5 Å². The highest BCUT2D eigenvalue weighted by Crippen LogP contribution is 2.33. The number of urea groups is 1. The maximum atomic E-state index is 13.4. The molecule has 2 aliphatic rings. The molecular weight excluding hydrogens is 532 g/mol. The number of methoxy groups -OCH3 is 1. The van der Waals surface area contributed by atoms with Crippen LogP contribution in [0.2, 0.25) is 5.02 Å². The number of halogens is 1. The Labute approximate surface area is 240 Å². The lowest BCUT2D eigenvalue weighted by Crippen LogP contribution is -2.51. The fourth-order valence-electron chi connectivity index (χ4n) is 5.04. The minimum atomic E-state index is -0.721. The van der Waals surface area contributed by atoms with Crippen molar-refractivity contribution in [2.45, 2.75) is 19.4 Å². The molecule has 9 nitrogen and oxygen atoms in total. The van der Waals surface area contributed by atoms with Crippen molar-refractivity contribution >= 4 is 29.5 Å². The lowest BCUT2D eigenvalue weighted by Gasteiger charge is -2.38. The van der Waals surface area contributed by atoms with Gasteiger partial charge >= 0.3 is 12.0 Å². The van der Waals surface area contributed by atoms with Crippen LogP contribution in [0.5, 0.6) is 5.75 Å². The molecule has 2 heterocycles. The summed E-state index contributed by atoms with van der Waals surface area (Å²) in [4.78, 5) is 45.4. The molecular formula is C30H35ClN4O5. The highest BCUT2D eigenvalue weighted by atomic mass is 35.5. The van der Waals surface area contributed by atoms with Crippen molar-refractivity contribution in [2.24, 2.45) is 0 Å². The number of benzene rings is 2. The standard InChI is InChI=1S/C30H35ClN4O5/c1-4-14-35-25(26(29(37)40-5-2)27(32-30(35)38)22-8-6-9-23(31)19-22)20-33-15-7-16-34(18-17-33)28(36)21-10-12-24(39-3)13-11-21/h4,6,8-13,19,27H,1,5,7,14-18,20H2,2-3H3,(H,32,38). The molecule has 1 unspecified atom stereocenters. The Morgan fingerprint density at radius 2 is 1.90 bits per heavy atom. The first-order valence-electron chi connectivity index (χ1n) is 13.4. The molecule has 2 aliphatic heterocycles. The van der Waals surface area contributed by atoms with Gasteiger partial charge in [0.1, 0.15) is 5.75 Å². The largest absolute Gasteiger partial charge is 0.497 e. The van der Waals surface area contributed by atoms with E-state index in [1.165, 1.54) is 4.90 Å². The zero-order valence-electron chi connectivity index (χ0n) is 22.9. The number of hydrogen-bond acceptors (Lipinski definition) is 6. The van der Waals surface area contributed by atoms with Crippen LogP contribution in [0.25, 0.3) is 0 Å². The van der Waals surface area contributed by atoms with Crippen LogP contribution < -0.4 is 10.1 Å². The van der Waals surface area contributed by atoms with Gasteiger partial charge < -0.3 is 19.7 Å². The number of rotatable bonds is 9. The molecule has 2 aromatic rings. The normalized spacial score (nSPS) is 18.2. The lowest BCUT2D eigenvalue weighted by molar-refractivity contribution is -0.139. The first-order chi connectivity index (χ1) is 19.4. The molecule has 0 bridgehead atoms. The number of ether oxygens (including phenoxy) is 2. The molecule has 4 rings (SSSR count). The minimum Gasteiger partial charge on any atom is -0.497 e. The average Bonchev–Trinajstić information content (AvgIpc) is 3.20. The molecule has 40 heavy (non-hydrogen) atoms. The van der Waals surface area contributed by atoms with Crippen molar-refractivity contribution in [3.05, 3.63) is 88.6 Å². The van der Waals surface area contributed by atoms with Gasteiger partial charge in [-0.3, -0.25) is 14.6 Å². The Hall–Kier alpha value is -3.82. The quantitative estimate of drug-likeness (QED) is 0.360. The zero-order chi connectivity index (χ0) is 28.6. The Morgan fingerprint density at radius 3 is 2.58 bits per heavy atom. The number of carbonyl (C=O) groups is 3. The van der Waals surface area contributed by atoms with E-state index in [1.54, 1.807) is 62.6 Å². The smallest absolute Gasteiger partial charge is 0.338 e. The Bertz CT molecular complexity index is 1280. The van der Waals surface area contributed by atoms with Crippen molar-refractivity contribution in [2.75, 3.05) is 53.0 Å². The number of nitrogens with one attached hydrogen (secondary N) is 1. The summed E-state index contributed by atoms with van der Waals surface area (Å²) in [6, 6.07) is 13.1. The third-order valence-corrected chi connectivity index (χ3v) is 7.25. The second-order valence-electron chi connectivity index (χ2n) is 9.57. The summed E-state index contributed by atoms with van der Waals surface area (Å²) in [7, 11) is 1.59. The van der Waals surface area contributed by atoms with Crippen LogP contribution in [0.4, 0.5) is 4.79 Å². The van der Waals surface area contributed by atoms with Crippen LogP contribution in [0.1, 0.15) is 35.3 Å². The summed E-state index contributed by atoms with van der Waals surface area (Å²) in [5, 5.41) is 3.45. The molecule has 1 atom stereocenters. The van der Waals surface area contributed by atoms with Crippen molar-refractivity contribution < 1.29 is 23.9 Å². The van der Waals surface area contributed by atoms with Gasteiger partial charge in [-0.25, -0.2) is 9.59 Å². The average molecular weight is 567 g/mol. The molecule has 0 aromatic heterocycles. The van der Waals surface area contributed by atoms with E-state index < -0.39 is 12.0 Å². The number of hydrogen-bond donors (Lipinski definition) is 1. The second kappa shape index (κ2) is 13.5. The maximum absolute atomic E-state index is 13.4. The summed E-state index contributed by atoms with van der Waals surface area (Å²) < 4.78 is 10.7. The van der Waals surface area contributed by atoms with Crippen molar-refractivity contribution in [3.63, 3.8) is 0 Å². The molecule has 3 amide bonds.